The van der Waals surface area contributed by atoms with Crippen molar-refractivity contribution >= 4 is 17.6 Å². The molecule has 0 fully saturated rings. The van der Waals surface area contributed by atoms with Crippen molar-refractivity contribution in [3.8, 4) is 0 Å². The summed E-state index contributed by atoms with van der Waals surface area (Å²) in [6.07, 6.45) is 10.7. The van der Waals surface area contributed by atoms with Crippen LogP contribution in [0.3, 0.4) is 0 Å². The van der Waals surface area contributed by atoms with Crippen LogP contribution >= 0.6 is 0 Å². The van der Waals surface area contributed by atoms with Crippen molar-refractivity contribution < 1.29 is 18.8 Å². The summed E-state index contributed by atoms with van der Waals surface area (Å²) >= 11 is 0. The Hall–Kier alpha value is -1.89. The topological polar surface area (TPSA) is 84.7 Å². The molecule has 0 aliphatic heterocycles. The second-order valence-electron chi connectivity index (χ2n) is 6.67. The van der Waals surface area contributed by atoms with Crippen molar-refractivity contribution in [1.82, 2.24) is 10.1 Å². The van der Waals surface area contributed by atoms with Gasteiger partial charge in [-0.3, -0.25) is 9.59 Å². The van der Waals surface area contributed by atoms with Gasteiger partial charge in [0.1, 0.15) is 6.26 Å². The van der Waals surface area contributed by atoms with Crippen molar-refractivity contribution in [3.05, 3.63) is 12.3 Å². The summed E-state index contributed by atoms with van der Waals surface area (Å²) in [4.78, 5) is 26.3. The average Bonchev–Trinajstić information content (AvgIpc) is 3.16. The number of nitrogens with one attached hydrogen (secondary N) is 1. The fourth-order valence-corrected chi connectivity index (χ4v) is 2.82. The highest BCUT2D eigenvalue weighted by Crippen LogP contribution is 2.10. The number of unbranched alkanes of at least 4 members (excludes halogenated alkanes) is 6. The first-order valence-electron chi connectivity index (χ1n) is 10.2. The molecule has 0 saturated heterocycles. The van der Waals surface area contributed by atoms with E-state index in [1.54, 1.807) is 11.0 Å². The number of hydrogen-bond acceptors (Lipinski definition) is 5. The number of carbonyl (C=O) groups excluding carboxylic acids is 2. The molecule has 0 aromatic carbocycles. The highest BCUT2D eigenvalue weighted by molar-refractivity contribution is 5.93. The van der Waals surface area contributed by atoms with E-state index >= 15 is 0 Å². The van der Waals surface area contributed by atoms with Gasteiger partial charge < -0.3 is 19.5 Å². The van der Waals surface area contributed by atoms with Gasteiger partial charge in [0.25, 0.3) is 0 Å². The molecule has 0 bridgehead atoms. The maximum absolute atomic E-state index is 12.6. The van der Waals surface area contributed by atoms with E-state index in [9.17, 15) is 9.59 Å². The highest BCUT2D eigenvalue weighted by atomic mass is 16.5. The Labute approximate surface area is 162 Å². The molecular formula is C20H35N3O4. The third kappa shape index (κ3) is 11.4. The summed E-state index contributed by atoms with van der Waals surface area (Å²) in [5, 5.41) is 6.29. The van der Waals surface area contributed by atoms with Crippen molar-refractivity contribution in [3.63, 3.8) is 0 Å². The highest BCUT2D eigenvalue weighted by Gasteiger charge is 2.17. The van der Waals surface area contributed by atoms with Crippen LogP contribution in [0.15, 0.2) is 16.9 Å². The van der Waals surface area contributed by atoms with Gasteiger partial charge in [-0.15, -0.1) is 0 Å². The number of anilines is 1. The second kappa shape index (κ2) is 15.2. The first-order chi connectivity index (χ1) is 13.2. The van der Waals surface area contributed by atoms with E-state index in [-0.39, 0.29) is 18.4 Å². The predicted molar refractivity (Wildman–Crippen MR) is 105 cm³/mol. The Kier molecular flexibility index (Phi) is 13.0. The molecule has 0 aliphatic carbocycles. The van der Waals surface area contributed by atoms with Crippen LogP contribution in [0.4, 0.5) is 5.82 Å². The van der Waals surface area contributed by atoms with Gasteiger partial charge in [0.05, 0.1) is 6.54 Å². The lowest BCUT2D eigenvalue weighted by Gasteiger charge is -2.22. The normalized spacial score (nSPS) is 10.7. The van der Waals surface area contributed by atoms with Gasteiger partial charge >= 0.3 is 0 Å². The second-order valence-corrected chi connectivity index (χ2v) is 6.67. The predicted octanol–water partition coefficient (Wildman–Crippen LogP) is 4.01. The van der Waals surface area contributed by atoms with E-state index in [0.29, 0.717) is 38.4 Å². The van der Waals surface area contributed by atoms with E-state index in [1.165, 1.54) is 38.4 Å². The average molecular weight is 382 g/mol. The largest absolute Gasteiger partial charge is 0.382 e. The smallest absolute Gasteiger partial charge is 0.245 e. The Balaban J connectivity index is 2.36. The van der Waals surface area contributed by atoms with Gasteiger partial charge in [-0.05, 0) is 19.8 Å². The van der Waals surface area contributed by atoms with Gasteiger partial charge in [-0.1, -0.05) is 50.6 Å². The lowest BCUT2D eigenvalue weighted by atomic mass is 10.1. The Morgan fingerprint density at radius 2 is 1.85 bits per heavy atom. The molecule has 0 radical (unpaired) electrons. The number of amides is 2. The molecule has 2 amide bonds. The first kappa shape index (κ1) is 23.1. The number of hydrogen-bond donors (Lipinski definition) is 1. The quantitative estimate of drug-likeness (QED) is 0.437. The standard InChI is InChI=1S/C20H35N3O4/c1-3-5-6-7-8-9-10-12-20(25)23(14-11-15-26-4-2)17-19(24)21-18-13-16-27-22-18/h13,16H,3-12,14-15,17H2,1-2H3,(H,21,22,24). The number of aromatic nitrogens is 1. The first-order valence-corrected chi connectivity index (χ1v) is 10.2. The van der Waals surface area contributed by atoms with Crippen LogP contribution in [0.25, 0.3) is 0 Å². The van der Waals surface area contributed by atoms with Gasteiger partial charge in [-0.25, -0.2) is 0 Å². The van der Waals surface area contributed by atoms with E-state index in [2.05, 4.69) is 17.4 Å². The Bertz CT molecular complexity index is 505. The molecule has 1 heterocycles. The number of carbonyl (C=O) groups is 2. The zero-order chi connectivity index (χ0) is 19.7. The SMILES string of the molecule is CCCCCCCCCC(=O)N(CCCOCC)CC(=O)Nc1ccon1. The minimum Gasteiger partial charge on any atom is -0.382 e. The fourth-order valence-electron chi connectivity index (χ4n) is 2.82. The van der Waals surface area contributed by atoms with Gasteiger partial charge in [-0.2, -0.15) is 0 Å². The minimum atomic E-state index is -0.270. The molecule has 7 nitrogen and oxygen atoms in total. The molecule has 0 unspecified atom stereocenters. The molecule has 0 spiro atoms. The van der Waals surface area contributed by atoms with Crippen molar-refractivity contribution in [2.45, 2.75) is 71.6 Å². The monoisotopic (exact) mass is 381 g/mol. The molecule has 1 aromatic heterocycles. The molecule has 1 aromatic rings. The van der Waals surface area contributed by atoms with Crippen LogP contribution in [0, 0.1) is 0 Å². The maximum atomic E-state index is 12.6. The zero-order valence-electron chi connectivity index (χ0n) is 16.9. The van der Waals surface area contributed by atoms with E-state index in [1.807, 2.05) is 6.92 Å². The molecule has 0 aliphatic rings. The lowest BCUT2D eigenvalue weighted by molar-refractivity contribution is -0.135. The molecule has 1 rings (SSSR count). The van der Waals surface area contributed by atoms with Crippen LogP contribution in [0.5, 0.6) is 0 Å². The molecule has 0 saturated carbocycles. The van der Waals surface area contributed by atoms with Gasteiger partial charge in [0, 0.05) is 32.2 Å². The van der Waals surface area contributed by atoms with Crippen LogP contribution in [0.1, 0.15) is 71.6 Å². The van der Waals surface area contributed by atoms with Crippen LogP contribution in [-0.4, -0.2) is 48.2 Å². The molecule has 27 heavy (non-hydrogen) atoms. The zero-order valence-corrected chi connectivity index (χ0v) is 16.9. The van der Waals surface area contributed by atoms with Crippen LogP contribution < -0.4 is 5.32 Å². The van der Waals surface area contributed by atoms with Crippen LogP contribution in [0.2, 0.25) is 0 Å². The third-order valence-electron chi connectivity index (χ3n) is 4.31. The molecule has 1 N–H and O–H groups in total. The minimum absolute atomic E-state index is 0.0221. The fraction of sp³-hybridized carbons (Fsp3) is 0.750. The van der Waals surface area contributed by atoms with Crippen molar-refractivity contribution in [2.24, 2.45) is 0 Å². The maximum Gasteiger partial charge on any atom is 0.245 e. The molecule has 154 valence electrons. The summed E-state index contributed by atoms with van der Waals surface area (Å²) in [6, 6.07) is 1.57. The van der Waals surface area contributed by atoms with Crippen LogP contribution in [-0.2, 0) is 14.3 Å². The number of rotatable bonds is 16. The van der Waals surface area contributed by atoms with Crippen molar-refractivity contribution in [1.29, 1.82) is 0 Å². The number of ether oxygens (including phenoxy) is 1. The summed E-state index contributed by atoms with van der Waals surface area (Å²) in [5.41, 5.74) is 0. The summed E-state index contributed by atoms with van der Waals surface area (Å²) in [5.74, 6) is 0.109. The summed E-state index contributed by atoms with van der Waals surface area (Å²) in [7, 11) is 0. The Morgan fingerprint density at radius 1 is 1.11 bits per heavy atom. The summed E-state index contributed by atoms with van der Waals surface area (Å²) in [6.45, 7) is 5.92. The molecular weight excluding hydrogens is 346 g/mol. The number of nitrogens with zero attached hydrogens (tertiary/aromatic N) is 2. The van der Waals surface area contributed by atoms with Gasteiger partial charge in [0.15, 0.2) is 5.82 Å². The van der Waals surface area contributed by atoms with Crippen molar-refractivity contribution in [2.75, 3.05) is 31.6 Å². The molecule has 0 atom stereocenters. The Morgan fingerprint density at radius 3 is 2.52 bits per heavy atom. The molecule has 7 heteroatoms. The van der Waals surface area contributed by atoms with E-state index < -0.39 is 0 Å². The third-order valence-corrected chi connectivity index (χ3v) is 4.31. The lowest BCUT2D eigenvalue weighted by Crippen LogP contribution is -2.39. The summed E-state index contributed by atoms with van der Waals surface area (Å²) < 4.78 is 10.0. The van der Waals surface area contributed by atoms with E-state index in [0.717, 1.165) is 12.8 Å². The van der Waals surface area contributed by atoms with Gasteiger partial charge in [0.2, 0.25) is 11.8 Å². The van der Waals surface area contributed by atoms with E-state index in [4.69, 9.17) is 9.26 Å².